The molecular formula is C16H26N2O2. The van der Waals surface area contributed by atoms with E-state index in [1.807, 2.05) is 25.1 Å². The lowest BCUT2D eigenvalue weighted by Gasteiger charge is -2.17. The van der Waals surface area contributed by atoms with Crippen molar-refractivity contribution in [3.05, 3.63) is 35.9 Å². The number of hydrogen-bond donors (Lipinski definition) is 2. The Morgan fingerprint density at radius 1 is 1.30 bits per heavy atom. The first-order valence-corrected chi connectivity index (χ1v) is 7.22. The van der Waals surface area contributed by atoms with Gasteiger partial charge in [-0.25, -0.2) is 0 Å². The molecule has 0 heterocycles. The maximum absolute atomic E-state index is 11.9. The first-order chi connectivity index (χ1) is 9.63. The zero-order valence-electron chi connectivity index (χ0n) is 12.5. The van der Waals surface area contributed by atoms with Gasteiger partial charge in [0.15, 0.2) is 0 Å². The van der Waals surface area contributed by atoms with E-state index >= 15 is 0 Å². The molecule has 112 valence electrons. The molecule has 0 aliphatic carbocycles. The van der Waals surface area contributed by atoms with Gasteiger partial charge in [-0.15, -0.1) is 0 Å². The second-order valence-corrected chi connectivity index (χ2v) is 5.18. The van der Waals surface area contributed by atoms with E-state index in [0.29, 0.717) is 13.0 Å². The predicted molar refractivity (Wildman–Crippen MR) is 81.5 cm³/mol. The van der Waals surface area contributed by atoms with Gasteiger partial charge in [-0.3, -0.25) is 4.79 Å². The van der Waals surface area contributed by atoms with Crippen molar-refractivity contribution >= 4 is 5.91 Å². The van der Waals surface area contributed by atoms with Gasteiger partial charge in [0.05, 0.1) is 6.04 Å². The van der Waals surface area contributed by atoms with E-state index in [0.717, 1.165) is 19.3 Å². The van der Waals surface area contributed by atoms with Gasteiger partial charge in [0, 0.05) is 19.8 Å². The molecule has 0 aromatic heterocycles. The van der Waals surface area contributed by atoms with Gasteiger partial charge < -0.3 is 15.8 Å². The van der Waals surface area contributed by atoms with E-state index in [4.69, 9.17) is 10.5 Å². The molecule has 20 heavy (non-hydrogen) atoms. The summed E-state index contributed by atoms with van der Waals surface area (Å²) in [5, 5.41) is 2.97. The van der Waals surface area contributed by atoms with Crippen molar-refractivity contribution in [2.75, 3.05) is 13.7 Å². The number of rotatable bonds is 9. The lowest BCUT2D eigenvalue weighted by atomic mass is 10.1. The normalized spacial score (nSPS) is 13.8. The predicted octanol–water partition coefficient (Wildman–Crippen LogP) is 1.88. The zero-order valence-corrected chi connectivity index (χ0v) is 12.5. The number of methoxy groups -OCH3 is 1. The number of carbonyl (C=O) groups is 1. The molecule has 0 spiro atoms. The minimum atomic E-state index is -0.440. The minimum absolute atomic E-state index is 0.0679. The zero-order chi connectivity index (χ0) is 14.8. The Labute approximate surface area is 121 Å². The third-order valence-electron chi connectivity index (χ3n) is 3.30. The molecule has 0 saturated carbocycles. The fraction of sp³-hybridized carbons (Fsp3) is 0.562. The summed E-state index contributed by atoms with van der Waals surface area (Å²) in [7, 11) is 1.65. The highest BCUT2D eigenvalue weighted by atomic mass is 16.5. The number of hydrogen-bond acceptors (Lipinski definition) is 3. The van der Waals surface area contributed by atoms with Gasteiger partial charge in [-0.05, 0) is 38.2 Å². The van der Waals surface area contributed by atoms with E-state index in [9.17, 15) is 4.79 Å². The highest BCUT2D eigenvalue weighted by Crippen LogP contribution is 2.05. The lowest BCUT2D eigenvalue weighted by molar-refractivity contribution is -0.123. The van der Waals surface area contributed by atoms with E-state index in [1.165, 1.54) is 5.56 Å². The smallest absolute Gasteiger partial charge is 0.237 e. The van der Waals surface area contributed by atoms with Crippen LogP contribution in [0.2, 0.25) is 0 Å². The molecule has 3 N–H and O–H groups in total. The Balaban J connectivity index is 2.23. The third kappa shape index (κ3) is 6.68. The number of benzene rings is 1. The van der Waals surface area contributed by atoms with Crippen LogP contribution in [0.25, 0.3) is 0 Å². The number of carbonyl (C=O) groups excluding carboxylic acids is 1. The fourth-order valence-electron chi connectivity index (χ4n) is 2.03. The largest absolute Gasteiger partial charge is 0.385 e. The van der Waals surface area contributed by atoms with Crippen LogP contribution in [0.4, 0.5) is 0 Å². The Morgan fingerprint density at radius 3 is 2.65 bits per heavy atom. The first-order valence-electron chi connectivity index (χ1n) is 7.22. The van der Waals surface area contributed by atoms with Crippen molar-refractivity contribution < 1.29 is 9.53 Å². The van der Waals surface area contributed by atoms with Crippen molar-refractivity contribution in [1.82, 2.24) is 5.32 Å². The number of amides is 1. The summed E-state index contributed by atoms with van der Waals surface area (Å²) in [4.78, 5) is 11.9. The van der Waals surface area contributed by atoms with Crippen molar-refractivity contribution in [2.24, 2.45) is 5.73 Å². The van der Waals surface area contributed by atoms with Crippen LogP contribution in [0.5, 0.6) is 0 Å². The highest BCUT2D eigenvalue weighted by molar-refractivity contribution is 5.81. The van der Waals surface area contributed by atoms with E-state index in [1.54, 1.807) is 7.11 Å². The van der Waals surface area contributed by atoms with Gasteiger partial charge in [-0.1, -0.05) is 30.3 Å². The van der Waals surface area contributed by atoms with Crippen molar-refractivity contribution in [3.8, 4) is 0 Å². The quantitative estimate of drug-likeness (QED) is 0.678. The SMILES string of the molecule is COCCCC(N)C(=O)NC(C)CCc1ccccc1. The summed E-state index contributed by atoms with van der Waals surface area (Å²) in [5.74, 6) is -0.0679. The molecule has 0 fully saturated rings. The standard InChI is InChI=1S/C16H26N2O2/c1-13(10-11-14-7-4-3-5-8-14)18-16(19)15(17)9-6-12-20-2/h3-5,7-8,13,15H,6,9-12,17H2,1-2H3,(H,18,19). The molecule has 2 unspecified atom stereocenters. The molecule has 0 saturated heterocycles. The summed E-state index contributed by atoms with van der Waals surface area (Å²) < 4.78 is 4.95. The van der Waals surface area contributed by atoms with Gasteiger partial charge >= 0.3 is 0 Å². The molecular weight excluding hydrogens is 252 g/mol. The summed E-state index contributed by atoms with van der Waals surface area (Å²) in [6.07, 6.45) is 3.34. The monoisotopic (exact) mass is 278 g/mol. The molecule has 4 nitrogen and oxygen atoms in total. The lowest BCUT2D eigenvalue weighted by Crippen LogP contribution is -2.44. The molecule has 0 bridgehead atoms. The van der Waals surface area contributed by atoms with Crippen molar-refractivity contribution in [1.29, 1.82) is 0 Å². The Hall–Kier alpha value is -1.39. The molecule has 2 atom stereocenters. The number of nitrogens with one attached hydrogen (secondary N) is 1. The van der Waals surface area contributed by atoms with Gasteiger partial charge in [-0.2, -0.15) is 0 Å². The van der Waals surface area contributed by atoms with E-state index < -0.39 is 6.04 Å². The fourth-order valence-corrected chi connectivity index (χ4v) is 2.03. The highest BCUT2D eigenvalue weighted by Gasteiger charge is 2.15. The average molecular weight is 278 g/mol. The van der Waals surface area contributed by atoms with Gasteiger partial charge in [0.2, 0.25) is 5.91 Å². The molecule has 1 rings (SSSR count). The molecule has 0 aliphatic rings. The van der Waals surface area contributed by atoms with Crippen LogP contribution in [-0.4, -0.2) is 31.7 Å². The van der Waals surface area contributed by atoms with Crippen LogP contribution >= 0.6 is 0 Å². The molecule has 4 heteroatoms. The van der Waals surface area contributed by atoms with Crippen molar-refractivity contribution in [3.63, 3.8) is 0 Å². The molecule has 1 aromatic carbocycles. The van der Waals surface area contributed by atoms with E-state index in [2.05, 4.69) is 17.4 Å². The van der Waals surface area contributed by atoms with Crippen LogP contribution in [-0.2, 0) is 16.0 Å². The van der Waals surface area contributed by atoms with Crippen molar-refractivity contribution in [2.45, 2.75) is 44.7 Å². The van der Waals surface area contributed by atoms with E-state index in [-0.39, 0.29) is 11.9 Å². The van der Waals surface area contributed by atoms with Gasteiger partial charge in [0.1, 0.15) is 0 Å². The summed E-state index contributed by atoms with van der Waals surface area (Å²) >= 11 is 0. The van der Waals surface area contributed by atoms with Crippen LogP contribution in [0.1, 0.15) is 31.7 Å². The maximum atomic E-state index is 11.9. The summed E-state index contributed by atoms with van der Waals surface area (Å²) in [6.45, 7) is 2.66. The molecule has 1 aromatic rings. The average Bonchev–Trinajstić information content (AvgIpc) is 2.46. The minimum Gasteiger partial charge on any atom is -0.385 e. The third-order valence-corrected chi connectivity index (χ3v) is 3.30. The van der Waals surface area contributed by atoms with Crippen LogP contribution < -0.4 is 11.1 Å². The summed E-state index contributed by atoms with van der Waals surface area (Å²) in [5.41, 5.74) is 7.14. The van der Waals surface area contributed by atoms with Gasteiger partial charge in [0.25, 0.3) is 0 Å². The van der Waals surface area contributed by atoms with Crippen LogP contribution in [0.3, 0.4) is 0 Å². The molecule has 0 aliphatic heterocycles. The second kappa shape index (κ2) is 9.50. The topological polar surface area (TPSA) is 64.3 Å². The Bertz CT molecular complexity index is 381. The molecule has 1 amide bonds. The maximum Gasteiger partial charge on any atom is 0.237 e. The number of ether oxygens (including phenoxy) is 1. The number of nitrogens with two attached hydrogens (primary N) is 1. The Kier molecular flexibility index (Phi) is 7.92. The first kappa shape index (κ1) is 16.7. The number of aryl methyl sites for hydroxylation is 1. The van der Waals surface area contributed by atoms with Crippen LogP contribution in [0, 0.1) is 0 Å². The van der Waals surface area contributed by atoms with Crippen LogP contribution in [0.15, 0.2) is 30.3 Å². The Morgan fingerprint density at radius 2 is 2.00 bits per heavy atom. The summed E-state index contributed by atoms with van der Waals surface area (Å²) in [6, 6.07) is 9.97. The molecule has 0 radical (unpaired) electrons. The second-order valence-electron chi connectivity index (χ2n) is 5.18.